The van der Waals surface area contributed by atoms with Crippen molar-refractivity contribution in [3.8, 4) is 11.5 Å². The molecular weight excluding hydrogens is 276 g/mol. The third-order valence-corrected chi connectivity index (χ3v) is 3.16. The van der Waals surface area contributed by atoms with E-state index in [4.69, 9.17) is 4.74 Å². The molecule has 0 spiro atoms. The molecule has 110 valence electrons. The Labute approximate surface area is 121 Å². The van der Waals surface area contributed by atoms with E-state index in [1.807, 2.05) is 0 Å². The van der Waals surface area contributed by atoms with Crippen LogP contribution >= 0.6 is 0 Å². The number of amides is 4. The average Bonchev–Trinajstić information content (AvgIpc) is 2.48. The van der Waals surface area contributed by atoms with Crippen LogP contribution in [0.3, 0.4) is 0 Å². The zero-order valence-electron chi connectivity index (χ0n) is 11.8. The SMILES string of the molecule is COc1ccc(C=C2C(=O)N(C)C(=O)N(C)C2=O)cc1O. The number of ether oxygens (including phenoxy) is 1. The molecule has 1 saturated heterocycles. The Balaban J connectivity index is 2.44. The maximum Gasteiger partial charge on any atom is 0.333 e. The van der Waals surface area contributed by atoms with E-state index in [9.17, 15) is 19.5 Å². The third-order valence-electron chi connectivity index (χ3n) is 3.16. The molecule has 1 fully saturated rings. The van der Waals surface area contributed by atoms with Crippen LogP contribution in [0.4, 0.5) is 4.79 Å². The standard InChI is InChI=1S/C14H14N2O5/c1-15-12(18)9(13(19)16(2)14(15)20)6-8-4-5-11(21-3)10(17)7-8/h4-7,17H,1-3H3. The number of urea groups is 1. The van der Waals surface area contributed by atoms with E-state index in [0.29, 0.717) is 5.56 Å². The largest absolute Gasteiger partial charge is 0.504 e. The van der Waals surface area contributed by atoms with Gasteiger partial charge in [-0.3, -0.25) is 19.4 Å². The zero-order chi connectivity index (χ0) is 15.7. The molecule has 0 atom stereocenters. The smallest absolute Gasteiger partial charge is 0.333 e. The molecule has 0 radical (unpaired) electrons. The zero-order valence-corrected chi connectivity index (χ0v) is 11.8. The number of aromatic hydroxyl groups is 1. The van der Waals surface area contributed by atoms with Gasteiger partial charge in [0.15, 0.2) is 11.5 Å². The number of methoxy groups -OCH3 is 1. The number of hydrogen-bond acceptors (Lipinski definition) is 5. The molecule has 21 heavy (non-hydrogen) atoms. The summed E-state index contributed by atoms with van der Waals surface area (Å²) in [6.07, 6.45) is 1.32. The van der Waals surface area contributed by atoms with Crippen molar-refractivity contribution in [2.75, 3.05) is 21.2 Å². The summed E-state index contributed by atoms with van der Waals surface area (Å²) in [7, 11) is 4.01. The highest BCUT2D eigenvalue weighted by atomic mass is 16.5. The van der Waals surface area contributed by atoms with Crippen molar-refractivity contribution in [2.24, 2.45) is 0 Å². The first-order valence-electron chi connectivity index (χ1n) is 6.05. The second-order valence-electron chi connectivity index (χ2n) is 4.50. The second-order valence-corrected chi connectivity index (χ2v) is 4.50. The fraction of sp³-hybridized carbons (Fsp3) is 0.214. The molecule has 4 amide bonds. The van der Waals surface area contributed by atoms with Gasteiger partial charge in [-0.1, -0.05) is 6.07 Å². The fourth-order valence-corrected chi connectivity index (χ4v) is 1.94. The normalized spacial score (nSPS) is 15.6. The van der Waals surface area contributed by atoms with Crippen LogP contribution in [-0.4, -0.2) is 54.0 Å². The summed E-state index contributed by atoms with van der Waals surface area (Å²) in [5.74, 6) is -1.19. The fourth-order valence-electron chi connectivity index (χ4n) is 1.94. The number of barbiturate groups is 1. The van der Waals surface area contributed by atoms with Gasteiger partial charge < -0.3 is 9.84 Å². The molecule has 0 saturated carbocycles. The first kappa shape index (κ1) is 14.6. The topological polar surface area (TPSA) is 87.2 Å². The highest BCUT2D eigenvalue weighted by molar-refractivity contribution is 6.30. The molecule has 1 aromatic rings. The van der Waals surface area contributed by atoms with Gasteiger partial charge in [-0.2, -0.15) is 0 Å². The highest BCUT2D eigenvalue weighted by Gasteiger charge is 2.37. The van der Waals surface area contributed by atoms with Crippen LogP contribution in [0.1, 0.15) is 5.56 Å². The number of benzene rings is 1. The lowest BCUT2D eigenvalue weighted by Gasteiger charge is -2.28. The van der Waals surface area contributed by atoms with Gasteiger partial charge in [0.05, 0.1) is 7.11 Å². The molecule has 1 aliphatic rings. The van der Waals surface area contributed by atoms with Gasteiger partial charge in [-0.25, -0.2) is 4.79 Å². The average molecular weight is 290 g/mol. The Kier molecular flexibility index (Phi) is 3.66. The number of rotatable bonds is 2. The van der Waals surface area contributed by atoms with Crippen molar-refractivity contribution in [3.05, 3.63) is 29.3 Å². The van der Waals surface area contributed by atoms with Crippen molar-refractivity contribution in [1.82, 2.24) is 9.80 Å². The van der Waals surface area contributed by atoms with E-state index in [-0.39, 0.29) is 17.1 Å². The van der Waals surface area contributed by atoms with Crippen LogP contribution < -0.4 is 4.74 Å². The molecule has 2 rings (SSSR count). The highest BCUT2D eigenvalue weighted by Crippen LogP contribution is 2.28. The summed E-state index contributed by atoms with van der Waals surface area (Å²) < 4.78 is 4.91. The summed E-state index contributed by atoms with van der Waals surface area (Å²) in [4.78, 5) is 37.3. The summed E-state index contributed by atoms with van der Waals surface area (Å²) >= 11 is 0. The molecule has 1 aromatic carbocycles. The van der Waals surface area contributed by atoms with Crippen LogP contribution in [0.5, 0.6) is 11.5 Å². The molecule has 0 aromatic heterocycles. The monoisotopic (exact) mass is 290 g/mol. The van der Waals surface area contributed by atoms with Gasteiger partial charge in [-0.15, -0.1) is 0 Å². The van der Waals surface area contributed by atoms with Crippen LogP contribution in [-0.2, 0) is 9.59 Å². The van der Waals surface area contributed by atoms with Crippen molar-refractivity contribution < 1.29 is 24.2 Å². The quantitative estimate of drug-likeness (QED) is 0.644. The van der Waals surface area contributed by atoms with E-state index >= 15 is 0 Å². The van der Waals surface area contributed by atoms with E-state index < -0.39 is 17.8 Å². The molecule has 7 heteroatoms. The van der Waals surface area contributed by atoms with Gasteiger partial charge in [0.2, 0.25) is 0 Å². The molecule has 0 bridgehead atoms. The Hall–Kier alpha value is -2.83. The van der Waals surface area contributed by atoms with E-state index in [1.54, 1.807) is 6.07 Å². The number of carbonyl (C=O) groups is 3. The number of imide groups is 2. The van der Waals surface area contributed by atoms with Gasteiger partial charge in [0, 0.05) is 14.1 Å². The predicted molar refractivity (Wildman–Crippen MR) is 73.6 cm³/mol. The van der Waals surface area contributed by atoms with Gasteiger partial charge in [0.25, 0.3) is 11.8 Å². The number of hydrogen-bond donors (Lipinski definition) is 1. The summed E-state index contributed by atoms with van der Waals surface area (Å²) in [5.41, 5.74) is 0.297. The van der Waals surface area contributed by atoms with Crippen molar-refractivity contribution in [2.45, 2.75) is 0 Å². The second kappa shape index (κ2) is 5.28. The lowest BCUT2D eigenvalue weighted by Crippen LogP contribution is -2.52. The van der Waals surface area contributed by atoms with Crippen LogP contribution in [0.15, 0.2) is 23.8 Å². The minimum absolute atomic E-state index is 0.111. The molecule has 1 N–H and O–H groups in total. The summed E-state index contributed by atoms with van der Waals surface area (Å²) in [6.45, 7) is 0. The molecule has 0 unspecified atom stereocenters. The van der Waals surface area contributed by atoms with Gasteiger partial charge >= 0.3 is 6.03 Å². The Morgan fingerprint density at radius 2 is 1.67 bits per heavy atom. The van der Waals surface area contributed by atoms with E-state index in [0.717, 1.165) is 9.80 Å². The minimum Gasteiger partial charge on any atom is -0.504 e. The first-order chi connectivity index (χ1) is 9.86. The predicted octanol–water partition coefficient (Wildman–Crippen LogP) is 0.835. The minimum atomic E-state index is -0.682. The number of carbonyl (C=O) groups excluding carboxylic acids is 3. The molecule has 7 nitrogen and oxygen atoms in total. The molecule has 0 aliphatic carbocycles. The Morgan fingerprint density at radius 1 is 1.10 bits per heavy atom. The number of nitrogens with zero attached hydrogens (tertiary/aromatic N) is 2. The number of phenols is 1. The van der Waals surface area contributed by atoms with Crippen LogP contribution in [0, 0.1) is 0 Å². The van der Waals surface area contributed by atoms with Crippen LogP contribution in [0.25, 0.3) is 6.08 Å². The summed E-state index contributed by atoms with van der Waals surface area (Å²) in [6, 6.07) is 3.78. The van der Waals surface area contributed by atoms with E-state index in [1.165, 1.54) is 39.4 Å². The maximum absolute atomic E-state index is 12.0. The van der Waals surface area contributed by atoms with Crippen molar-refractivity contribution >= 4 is 23.9 Å². The molecule has 1 heterocycles. The van der Waals surface area contributed by atoms with Gasteiger partial charge in [-0.05, 0) is 23.8 Å². The number of phenolic OH excluding ortho intramolecular Hbond substituents is 1. The van der Waals surface area contributed by atoms with E-state index in [2.05, 4.69) is 0 Å². The Bertz CT molecular complexity index is 639. The first-order valence-corrected chi connectivity index (χ1v) is 6.05. The van der Waals surface area contributed by atoms with Gasteiger partial charge in [0.1, 0.15) is 5.57 Å². The van der Waals surface area contributed by atoms with Crippen molar-refractivity contribution in [3.63, 3.8) is 0 Å². The molecular formula is C14H14N2O5. The Morgan fingerprint density at radius 3 is 2.14 bits per heavy atom. The van der Waals surface area contributed by atoms with Crippen LogP contribution in [0.2, 0.25) is 0 Å². The lowest BCUT2D eigenvalue weighted by atomic mass is 10.1. The van der Waals surface area contributed by atoms with Crippen molar-refractivity contribution in [1.29, 1.82) is 0 Å². The number of likely N-dealkylation sites (N-methyl/N-ethyl adjacent to an activating group) is 2. The molecule has 1 aliphatic heterocycles. The summed E-state index contributed by atoms with van der Waals surface area (Å²) in [5, 5.41) is 9.70. The maximum atomic E-state index is 12.0. The third kappa shape index (κ3) is 2.45. The lowest BCUT2D eigenvalue weighted by molar-refractivity contribution is -0.134.